The number of nitrogens with one attached hydrogen (secondary N) is 1. The Bertz CT molecular complexity index is 817. The van der Waals surface area contributed by atoms with Gasteiger partial charge in [-0.15, -0.1) is 0 Å². The summed E-state index contributed by atoms with van der Waals surface area (Å²) in [5, 5.41) is 16.6. The SMILES string of the molecule is O=C(Nc1cnn(-c2ccccc2F)c1)C(O)c1ccccc1. The number of halogens is 1. The minimum absolute atomic E-state index is 0.275. The number of aliphatic hydroxyl groups is 1. The van der Waals surface area contributed by atoms with Crippen molar-refractivity contribution in [2.24, 2.45) is 0 Å². The van der Waals surface area contributed by atoms with Gasteiger partial charge in [0.15, 0.2) is 6.10 Å². The Hall–Kier alpha value is -2.99. The number of carbonyl (C=O) groups excluding carboxylic acids is 1. The minimum Gasteiger partial charge on any atom is -0.378 e. The highest BCUT2D eigenvalue weighted by atomic mass is 19.1. The standard InChI is InChI=1S/C17H14FN3O2/c18-14-8-4-5-9-15(14)21-11-13(10-19-21)20-17(23)16(22)12-6-2-1-3-7-12/h1-11,16,22H,(H,20,23). The van der Waals surface area contributed by atoms with E-state index < -0.39 is 17.8 Å². The van der Waals surface area contributed by atoms with Crippen molar-refractivity contribution >= 4 is 11.6 Å². The Kier molecular flexibility index (Phi) is 4.16. The minimum atomic E-state index is -1.28. The molecular formula is C17H14FN3O2. The first-order valence-electron chi connectivity index (χ1n) is 6.98. The van der Waals surface area contributed by atoms with Gasteiger partial charge in [0, 0.05) is 0 Å². The van der Waals surface area contributed by atoms with Gasteiger partial charge in [0.25, 0.3) is 5.91 Å². The van der Waals surface area contributed by atoms with Crippen molar-refractivity contribution in [2.75, 3.05) is 5.32 Å². The average Bonchev–Trinajstić information content (AvgIpc) is 3.03. The number of benzene rings is 2. The van der Waals surface area contributed by atoms with Gasteiger partial charge >= 0.3 is 0 Å². The molecule has 23 heavy (non-hydrogen) atoms. The second kappa shape index (κ2) is 6.41. The molecule has 0 aliphatic heterocycles. The van der Waals surface area contributed by atoms with E-state index in [-0.39, 0.29) is 5.69 Å². The fraction of sp³-hybridized carbons (Fsp3) is 0.0588. The molecule has 2 N–H and O–H groups in total. The van der Waals surface area contributed by atoms with E-state index in [0.717, 1.165) is 0 Å². The van der Waals surface area contributed by atoms with Crippen LogP contribution in [0.3, 0.4) is 0 Å². The fourth-order valence-corrected chi connectivity index (χ4v) is 2.15. The lowest BCUT2D eigenvalue weighted by Crippen LogP contribution is -2.20. The third-order valence-corrected chi connectivity index (χ3v) is 3.31. The lowest BCUT2D eigenvalue weighted by Gasteiger charge is -2.10. The molecule has 0 radical (unpaired) electrons. The van der Waals surface area contributed by atoms with Gasteiger partial charge in [-0.05, 0) is 17.7 Å². The van der Waals surface area contributed by atoms with Crippen LogP contribution < -0.4 is 5.32 Å². The van der Waals surface area contributed by atoms with Crippen molar-refractivity contribution in [3.8, 4) is 5.69 Å². The van der Waals surface area contributed by atoms with Crippen LogP contribution in [-0.2, 0) is 4.79 Å². The van der Waals surface area contributed by atoms with Crippen LogP contribution in [0, 0.1) is 5.82 Å². The maximum absolute atomic E-state index is 13.7. The van der Waals surface area contributed by atoms with E-state index >= 15 is 0 Å². The van der Waals surface area contributed by atoms with Gasteiger partial charge in [-0.2, -0.15) is 5.10 Å². The molecule has 2 aromatic carbocycles. The molecule has 0 aliphatic rings. The Morgan fingerprint density at radius 2 is 1.83 bits per heavy atom. The Labute approximate surface area is 132 Å². The first-order valence-corrected chi connectivity index (χ1v) is 6.98. The molecule has 1 heterocycles. The van der Waals surface area contributed by atoms with Crippen molar-refractivity contribution in [2.45, 2.75) is 6.10 Å². The van der Waals surface area contributed by atoms with Crippen LogP contribution in [0.1, 0.15) is 11.7 Å². The van der Waals surface area contributed by atoms with Crippen molar-refractivity contribution in [1.29, 1.82) is 0 Å². The number of para-hydroxylation sites is 1. The summed E-state index contributed by atoms with van der Waals surface area (Å²) in [5.74, 6) is -0.998. The van der Waals surface area contributed by atoms with Crippen LogP contribution in [0.4, 0.5) is 10.1 Å². The number of aliphatic hydroxyl groups excluding tert-OH is 1. The topological polar surface area (TPSA) is 67.2 Å². The monoisotopic (exact) mass is 311 g/mol. The maximum Gasteiger partial charge on any atom is 0.257 e. The number of carbonyl (C=O) groups is 1. The summed E-state index contributed by atoms with van der Waals surface area (Å²) in [5.41, 5.74) is 1.14. The van der Waals surface area contributed by atoms with Crippen LogP contribution in [0.2, 0.25) is 0 Å². The number of aromatic nitrogens is 2. The highest BCUT2D eigenvalue weighted by molar-refractivity contribution is 5.94. The zero-order valence-electron chi connectivity index (χ0n) is 12.1. The molecule has 1 unspecified atom stereocenters. The van der Waals surface area contributed by atoms with Crippen LogP contribution in [-0.4, -0.2) is 20.8 Å². The number of rotatable bonds is 4. The van der Waals surface area contributed by atoms with E-state index in [4.69, 9.17) is 0 Å². The van der Waals surface area contributed by atoms with E-state index in [1.165, 1.54) is 23.1 Å². The van der Waals surface area contributed by atoms with E-state index in [0.29, 0.717) is 11.3 Å². The van der Waals surface area contributed by atoms with E-state index in [1.54, 1.807) is 48.5 Å². The third-order valence-electron chi connectivity index (χ3n) is 3.31. The first-order chi connectivity index (χ1) is 11.1. The van der Waals surface area contributed by atoms with Gasteiger partial charge in [0.1, 0.15) is 11.5 Å². The third kappa shape index (κ3) is 3.27. The maximum atomic E-state index is 13.7. The van der Waals surface area contributed by atoms with Crippen molar-refractivity contribution in [3.63, 3.8) is 0 Å². The zero-order chi connectivity index (χ0) is 16.2. The van der Waals surface area contributed by atoms with Crippen LogP contribution in [0.25, 0.3) is 5.69 Å². The van der Waals surface area contributed by atoms with Crippen LogP contribution in [0.15, 0.2) is 67.0 Å². The van der Waals surface area contributed by atoms with E-state index in [9.17, 15) is 14.3 Å². The lowest BCUT2D eigenvalue weighted by atomic mass is 10.1. The molecule has 5 nitrogen and oxygen atoms in total. The average molecular weight is 311 g/mol. The molecule has 0 aliphatic carbocycles. The van der Waals surface area contributed by atoms with Crippen molar-refractivity contribution in [3.05, 3.63) is 78.4 Å². The van der Waals surface area contributed by atoms with E-state index in [1.807, 2.05) is 0 Å². The number of nitrogens with zero attached hydrogens (tertiary/aromatic N) is 2. The highest BCUT2D eigenvalue weighted by Gasteiger charge is 2.18. The highest BCUT2D eigenvalue weighted by Crippen LogP contribution is 2.17. The Balaban J connectivity index is 1.74. The lowest BCUT2D eigenvalue weighted by molar-refractivity contribution is -0.124. The molecule has 6 heteroatoms. The summed E-state index contributed by atoms with van der Waals surface area (Å²) in [6.07, 6.45) is 1.59. The zero-order valence-corrected chi connectivity index (χ0v) is 12.1. The molecule has 1 atom stereocenters. The van der Waals surface area contributed by atoms with E-state index in [2.05, 4.69) is 10.4 Å². The molecule has 3 rings (SSSR count). The van der Waals surface area contributed by atoms with Gasteiger partial charge in [-0.25, -0.2) is 9.07 Å². The summed E-state index contributed by atoms with van der Waals surface area (Å²) < 4.78 is 15.0. The summed E-state index contributed by atoms with van der Waals surface area (Å²) in [4.78, 5) is 12.1. The largest absolute Gasteiger partial charge is 0.378 e. The van der Waals surface area contributed by atoms with Gasteiger partial charge in [-0.3, -0.25) is 4.79 Å². The van der Waals surface area contributed by atoms with Gasteiger partial charge in [0.05, 0.1) is 18.1 Å². The Morgan fingerprint density at radius 1 is 1.13 bits per heavy atom. The summed E-state index contributed by atoms with van der Waals surface area (Å²) >= 11 is 0. The molecule has 3 aromatic rings. The van der Waals surface area contributed by atoms with Gasteiger partial charge in [-0.1, -0.05) is 42.5 Å². The van der Waals surface area contributed by atoms with Crippen molar-refractivity contribution < 1.29 is 14.3 Å². The fourth-order valence-electron chi connectivity index (χ4n) is 2.15. The summed E-state index contributed by atoms with van der Waals surface area (Å²) in [7, 11) is 0. The summed E-state index contributed by atoms with van der Waals surface area (Å²) in [6.45, 7) is 0. The second-order valence-electron chi connectivity index (χ2n) is 4.93. The number of hydrogen-bond acceptors (Lipinski definition) is 3. The van der Waals surface area contributed by atoms with Gasteiger partial charge in [0.2, 0.25) is 0 Å². The molecule has 0 spiro atoms. The molecule has 0 saturated carbocycles. The molecule has 116 valence electrons. The molecular weight excluding hydrogens is 297 g/mol. The quantitative estimate of drug-likeness (QED) is 0.778. The Morgan fingerprint density at radius 3 is 2.57 bits per heavy atom. The number of anilines is 1. The number of hydrogen-bond donors (Lipinski definition) is 2. The van der Waals surface area contributed by atoms with Crippen molar-refractivity contribution in [1.82, 2.24) is 9.78 Å². The normalized spacial score (nSPS) is 11.9. The molecule has 0 fully saturated rings. The predicted molar refractivity (Wildman–Crippen MR) is 83.6 cm³/mol. The number of amides is 1. The second-order valence-corrected chi connectivity index (χ2v) is 4.93. The summed E-state index contributed by atoms with van der Waals surface area (Å²) in [6, 6.07) is 14.8. The predicted octanol–water partition coefficient (Wildman–Crippen LogP) is 2.68. The molecule has 0 bridgehead atoms. The van der Waals surface area contributed by atoms with Crippen LogP contribution >= 0.6 is 0 Å². The van der Waals surface area contributed by atoms with Crippen LogP contribution in [0.5, 0.6) is 0 Å². The molecule has 1 amide bonds. The van der Waals surface area contributed by atoms with Gasteiger partial charge < -0.3 is 10.4 Å². The molecule has 0 saturated heterocycles. The first kappa shape index (κ1) is 14.9. The molecule has 1 aromatic heterocycles. The smallest absolute Gasteiger partial charge is 0.257 e.